The maximum atomic E-state index is 6.22. The second kappa shape index (κ2) is 6.46. The van der Waals surface area contributed by atoms with Crippen LogP contribution in [0.4, 0.5) is 0 Å². The third-order valence-corrected chi connectivity index (χ3v) is 3.89. The van der Waals surface area contributed by atoms with E-state index in [0.29, 0.717) is 6.04 Å². The summed E-state index contributed by atoms with van der Waals surface area (Å²) >= 11 is 0. The van der Waals surface area contributed by atoms with Gasteiger partial charge in [-0.15, -0.1) is 0 Å². The quantitative estimate of drug-likeness (QED) is 0.867. The number of ether oxygens (including phenoxy) is 3. The Bertz CT molecular complexity index is 439. The first-order valence-electron chi connectivity index (χ1n) is 7.50. The number of hydrogen-bond donors (Lipinski definition) is 1. The zero-order valence-corrected chi connectivity index (χ0v) is 12.1. The average molecular weight is 277 g/mol. The van der Waals surface area contributed by atoms with Crippen LogP contribution in [-0.2, 0) is 11.3 Å². The molecule has 3 rings (SSSR count). The topological polar surface area (TPSA) is 39.7 Å². The summed E-state index contributed by atoms with van der Waals surface area (Å²) in [5.41, 5.74) is 1.18. The zero-order chi connectivity index (χ0) is 13.8. The molecule has 1 aromatic carbocycles. The first kappa shape index (κ1) is 13.7. The minimum atomic E-state index is 0.236. The molecule has 2 fully saturated rings. The van der Waals surface area contributed by atoms with E-state index in [9.17, 15) is 0 Å². The highest BCUT2D eigenvalue weighted by atomic mass is 16.5. The van der Waals surface area contributed by atoms with Crippen LogP contribution in [0.25, 0.3) is 0 Å². The van der Waals surface area contributed by atoms with E-state index in [1.807, 2.05) is 12.1 Å². The van der Waals surface area contributed by atoms with E-state index in [1.165, 1.54) is 18.4 Å². The molecule has 0 radical (unpaired) electrons. The second-order valence-electron chi connectivity index (χ2n) is 5.53. The Morgan fingerprint density at radius 1 is 1.20 bits per heavy atom. The minimum absolute atomic E-state index is 0.236. The summed E-state index contributed by atoms with van der Waals surface area (Å²) in [4.78, 5) is 0. The van der Waals surface area contributed by atoms with Crippen molar-refractivity contribution in [3.05, 3.63) is 23.8 Å². The molecule has 4 nitrogen and oxygen atoms in total. The van der Waals surface area contributed by atoms with Crippen molar-refractivity contribution in [3.8, 4) is 11.5 Å². The highest BCUT2D eigenvalue weighted by Gasteiger charge is 2.23. The van der Waals surface area contributed by atoms with Crippen molar-refractivity contribution >= 4 is 0 Å². The molecular formula is C16H23NO3. The second-order valence-corrected chi connectivity index (χ2v) is 5.53. The molecular weight excluding hydrogens is 254 g/mol. The maximum absolute atomic E-state index is 6.22. The molecule has 1 heterocycles. The van der Waals surface area contributed by atoms with E-state index in [4.69, 9.17) is 14.2 Å². The van der Waals surface area contributed by atoms with Gasteiger partial charge in [-0.05, 0) is 18.9 Å². The first-order chi connectivity index (χ1) is 9.86. The summed E-state index contributed by atoms with van der Waals surface area (Å²) in [7, 11) is 1.70. The molecule has 0 bridgehead atoms. The van der Waals surface area contributed by atoms with Gasteiger partial charge in [-0.3, -0.25) is 0 Å². The number of benzene rings is 1. The van der Waals surface area contributed by atoms with Crippen molar-refractivity contribution in [2.75, 3.05) is 20.3 Å². The molecule has 1 aromatic rings. The predicted octanol–water partition coefficient (Wildman–Crippen LogP) is 2.51. The molecule has 1 saturated carbocycles. The molecule has 2 aliphatic rings. The summed E-state index contributed by atoms with van der Waals surface area (Å²) in [6.45, 7) is 2.42. The van der Waals surface area contributed by atoms with E-state index >= 15 is 0 Å². The fourth-order valence-corrected chi connectivity index (χ4v) is 2.50. The summed E-state index contributed by atoms with van der Waals surface area (Å²) < 4.78 is 17.1. The van der Waals surface area contributed by atoms with Crippen molar-refractivity contribution in [2.24, 2.45) is 0 Å². The Balaban J connectivity index is 1.73. The van der Waals surface area contributed by atoms with E-state index in [-0.39, 0.29) is 6.10 Å². The van der Waals surface area contributed by atoms with Gasteiger partial charge in [0.25, 0.3) is 0 Å². The fraction of sp³-hybridized carbons (Fsp3) is 0.625. The molecule has 1 N–H and O–H groups in total. The highest BCUT2D eigenvalue weighted by Crippen LogP contribution is 2.33. The van der Waals surface area contributed by atoms with Crippen LogP contribution in [0.1, 0.15) is 31.2 Å². The van der Waals surface area contributed by atoms with Crippen LogP contribution in [0.15, 0.2) is 18.2 Å². The number of methoxy groups -OCH3 is 1. The van der Waals surface area contributed by atoms with Crippen molar-refractivity contribution in [1.82, 2.24) is 5.32 Å². The Labute approximate surface area is 120 Å². The first-order valence-corrected chi connectivity index (χ1v) is 7.50. The molecule has 1 aliphatic heterocycles. The van der Waals surface area contributed by atoms with Gasteiger partial charge < -0.3 is 19.5 Å². The van der Waals surface area contributed by atoms with Crippen LogP contribution in [0.3, 0.4) is 0 Å². The standard InChI is InChI=1S/C16H23NO3/c1-18-15-4-2-3-12(11-17-13-5-6-13)16(15)20-14-7-9-19-10-8-14/h2-4,13-14,17H,5-11H2,1H3. The number of rotatable bonds is 6. The van der Waals surface area contributed by atoms with Gasteiger partial charge in [0.15, 0.2) is 11.5 Å². The van der Waals surface area contributed by atoms with Crippen molar-refractivity contribution in [3.63, 3.8) is 0 Å². The largest absolute Gasteiger partial charge is 0.493 e. The third kappa shape index (κ3) is 3.44. The lowest BCUT2D eigenvalue weighted by Crippen LogP contribution is -2.27. The van der Waals surface area contributed by atoms with E-state index in [2.05, 4.69) is 11.4 Å². The summed E-state index contributed by atoms with van der Waals surface area (Å²) in [6, 6.07) is 6.80. The van der Waals surface area contributed by atoms with Crippen LogP contribution in [0.5, 0.6) is 11.5 Å². The molecule has 0 atom stereocenters. The van der Waals surface area contributed by atoms with E-state index in [0.717, 1.165) is 44.1 Å². The zero-order valence-electron chi connectivity index (χ0n) is 12.1. The molecule has 4 heteroatoms. The van der Waals surface area contributed by atoms with Gasteiger partial charge in [-0.25, -0.2) is 0 Å². The Morgan fingerprint density at radius 3 is 2.70 bits per heavy atom. The minimum Gasteiger partial charge on any atom is -0.493 e. The lowest BCUT2D eigenvalue weighted by Gasteiger charge is -2.25. The van der Waals surface area contributed by atoms with Crippen LogP contribution in [0.2, 0.25) is 0 Å². The molecule has 1 aliphatic carbocycles. The number of nitrogens with one attached hydrogen (secondary N) is 1. The molecule has 0 aromatic heterocycles. The van der Waals surface area contributed by atoms with Crippen molar-refractivity contribution in [2.45, 2.75) is 44.4 Å². The molecule has 1 saturated heterocycles. The smallest absolute Gasteiger partial charge is 0.166 e. The molecule has 0 unspecified atom stereocenters. The normalized spacial score (nSPS) is 19.9. The third-order valence-electron chi connectivity index (χ3n) is 3.89. The van der Waals surface area contributed by atoms with E-state index < -0.39 is 0 Å². The highest BCUT2D eigenvalue weighted by molar-refractivity contribution is 5.46. The SMILES string of the molecule is COc1cccc(CNC2CC2)c1OC1CCOCC1. The average Bonchev–Trinajstić information content (AvgIpc) is 3.31. The van der Waals surface area contributed by atoms with Crippen LogP contribution < -0.4 is 14.8 Å². The van der Waals surface area contributed by atoms with Gasteiger partial charge in [0.05, 0.1) is 20.3 Å². The molecule has 0 amide bonds. The lowest BCUT2D eigenvalue weighted by molar-refractivity contribution is 0.0241. The van der Waals surface area contributed by atoms with Crippen LogP contribution in [-0.4, -0.2) is 32.5 Å². The van der Waals surface area contributed by atoms with E-state index in [1.54, 1.807) is 7.11 Å². The Morgan fingerprint density at radius 2 is 2.00 bits per heavy atom. The van der Waals surface area contributed by atoms with Gasteiger partial charge in [-0.2, -0.15) is 0 Å². The van der Waals surface area contributed by atoms with Crippen LogP contribution in [0, 0.1) is 0 Å². The number of hydrogen-bond acceptors (Lipinski definition) is 4. The molecule has 20 heavy (non-hydrogen) atoms. The number of para-hydroxylation sites is 1. The van der Waals surface area contributed by atoms with Gasteiger partial charge in [0.1, 0.15) is 6.10 Å². The Kier molecular flexibility index (Phi) is 4.43. The van der Waals surface area contributed by atoms with Gasteiger partial charge in [0.2, 0.25) is 0 Å². The summed E-state index contributed by atoms with van der Waals surface area (Å²) in [5.74, 6) is 1.72. The van der Waals surface area contributed by atoms with Gasteiger partial charge in [-0.1, -0.05) is 12.1 Å². The summed E-state index contributed by atoms with van der Waals surface area (Å²) in [5, 5.41) is 3.54. The van der Waals surface area contributed by atoms with Crippen molar-refractivity contribution < 1.29 is 14.2 Å². The predicted molar refractivity (Wildman–Crippen MR) is 77.3 cm³/mol. The maximum Gasteiger partial charge on any atom is 0.166 e. The Hall–Kier alpha value is -1.26. The van der Waals surface area contributed by atoms with Crippen molar-refractivity contribution in [1.29, 1.82) is 0 Å². The van der Waals surface area contributed by atoms with Gasteiger partial charge >= 0.3 is 0 Å². The summed E-state index contributed by atoms with van der Waals surface area (Å²) in [6.07, 6.45) is 4.72. The lowest BCUT2D eigenvalue weighted by atomic mass is 10.1. The monoisotopic (exact) mass is 277 g/mol. The molecule has 110 valence electrons. The van der Waals surface area contributed by atoms with Gasteiger partial charge in [0, 0.05) is 31.0 Å². The molecule has 0 spiro atoms. The fourth-order valence-electron chi connectivity index (χ4n) is 2.50. The van der Waals surface area contributed by atoms with Crippen LogP contribution >= 0.6 is 0 Å².